The Kier molecular flexibility index (Phi) is 20.3. The van der Waals surface area contributed by atoms with Crippen molar-refractivity contribution in [2.24, 2.45) is 22.2 Å². The number of guanidine groups is 1. The van der Waals surface area contributed by atoms with Crippen molar-refractivity contribution in [2.75, 3.05) is 26.2 Å². The first kappa shape index (κ1) is 50.6. The Morgan fingerprint density at radius 2 is 0.985 bits per heavy atom. The van der Waals surface area contributed by atoms with Gasteiger partial charge in [0.1, 0.15) is 30.2 Å². The predicted octanol–water partition coefficient (Wildman–Crippen LogP) is -2.19. The van der Waals surface area contributed by atoms with E-state index in [4.69, 9.17) is 21.6 Å². The Morgan fingerprint density at radius 3 is 1.48 bits per heavy atom. The number of nitrogens with two attached hydrogens (primary N) is 3. The van der Waals surface area contributed by atoms with Crippen LogP contribution in [-0.2, 0) is 52.8 Å². The number of nitrogens with one attached hydrogen (secondary N) is 7. The van der Waals surface area contributed by atoms with Crippen LogP contribution in [0.3, 0.4) is 0 Å². The molecule has 350 valence electrons. The van der Waals surface area contributed by atoms with Crippen LogP contribution in [-0.4, -0.2) is 115 Å². The maximum absolute atomic E-state index is 14.1. The van der Waals surface area contributed by atoms with Crippen LogP contribution in [0.25, 0.3) is 0 Å². The number of benzene rings is 3. The van der Waals surface area contributed by atoms with Crippen molar-refractivity contribution in [3.8, 4) is 0 Å². The zero-order chi connectivity index (χ0) is 47.8. The molecule has 4 rings (SSSR count). The number of rotatable bonds is 26. The molecule has 1 heterocycles. The number of carbonyl (C=O) groups excluding carboxylic acids is 8. The van der Waals surface area contributed by atoms with Crippen LogP contribution in [0.1, 0.15) is 40.1 Å². The van der Waals surface area contributed by atoms with Crippen molar-refractivity contribution in [1.82, 2.24) is 37.2 Å². The Hall–Kier alpha value is -8.07. The fourth-order valence-corrected chi connectivity index (χ4v) is 6.39. The molecule has 4 aromatic rings. The zero-order valence-corrected chi connectivity index (χ0v) is 35.9. The van der Waals surface area contributed by atoms with Gasteiger partial charge in [0.05, 0.1) is 26.0 Å². The number of aliphatic imine (C=N–C) groups is 1. The van der Waals surface area contributed by atoms with E-state index in [2.05, 4.69) is 42.2 Å². The van der Waals surface area contributed by atoms with E-state index in [1.807, 2.05) is 0 Å². The van der Waals surface area contributed by atoms with Crippen LogP contribution in [0.4, 0.5) is 0 Å². The first-order chi connectivity index (χ1) is 31.7. The number of nitrogens with zero attached hydrogens (tertiary/aromatic N) is 1. The number of hydrogen-bond acceptors (Lipinski definition) is 11. The van der Waals surface area contributed by atoms with Crippen molar-refractivity contribution in [3.63, 3.8) is 0 Å². The van der Waals surface area contributed by atoms with Gasteiger partial charge in [-0.1, -0.05) is 91.0 Å². The summed E-state index contributed by atoms with van der Waals surface area (Å²) in [5.74, 6) is -6.62. The third kappa shape index (κ3) is 17.6. The van der Waals surface area contributed by atoms with Crippen molar-refractivity contribution < 1.29 is 47.9 Å². The molecule has 0 spiro atoms. The second-order valence-corrected chi connectivity index (χ2v) is 14.9. The van der Waals surface area contributed by atoms with Gasteiger partial charge in [0, 0.05) is 25.8 Å². The van der Waals surface area contributed by atoms with Crippen LogP contribution in [0.5, 0.6) is 0 Å². The Balaban J connectivity index is 1.48. The van der Waals surface area contributed by atoms with Gasteiger partial charge >= 0.3 is 0 Å². The minimum absolute atomic E-state index is 0.00690. The molecule has 0 unspecified atom stereocenters. The van der Waals surface area contributed by atoms with Gasteiger partial charge in [-0.3, -0.25) is 43.3 Å². The average molecular weight is 910 g/mol. The third-order valence-electron chi connectivity index (χ3n) is 9.79. The molecule has 0 bridgehead atoms. The molecule has 66 heavy (non-hydrogen) atoms. The van der Waals surface area contributed by atoms with Gasteiger partial charge in [-0.05, 0) is 41.7 Å². The van der Waals surface area contributed by atoms with E-state index in [9.17, 15) is 43.5 Å². The molecular formula is C45H55N11O10. The fraction of sp³-hybridized carbons (Fsp3) is 0.311. The number of amides is 8. The van der Waals surface area contributed by atoms with E-state index in [-0.39, 0.29) is 50.4 Å². The molecule has 0 radical (unpaired) electrons. The van der Waals surface area contributed by atoms with E-state index >= 15 is 0 Å². The number of hydrogen-bond donors (Lipinski definition) is 11. The highest BCUT2D eigenvalue weighted by Gasteiger charge is 2.32. The van der Waals surface area contributed by atoms with Gasteiger partial charge in [0.2, 0.25) is 41.4 Å². The summed E-state index contributed by atoms with van der Waals surface area (Å²) in [7, 11) is 0. The quantitative estimate of drug-likeness (QED) is 0.0182. The van der Waals surface area contributed by atoms with Crippen LogP contribution in [0, 0.1) is 0 Å². The Morgan fingerprint density at radius 1 is 0.530 bits per heavy atom. The summed E-state index contributed by atoms with van der Waals surface area (Å²) in [6, 6.07) is 22.1. The van der Waals surface area contributed by atoms with E-state index in [0.29, 0.717) is 11.1 Å². The molecular weight excluding hydrogens is 855 g/mol. The lowest BCUT2D eigenvalue weighted by Crippen LogP contribution is -2.60. The minimum atomic E-state index is -1.65. The molecule has 21 nitrogen and oxygen atoms in total. The number of primary amides is 1. The van der Waals surface area contributed by atoms with Gasteiger partial charge in [-0.2, -0.15) is 0 Å². The topological polar surface area (TPSA) is 345 Å². The SMILES string of the molecule is NC(=O)[C@H](Cc1ccccc1)NC(=O)[C@H](CCCN=C(N)N)NC(=O)[C@H](Cc1ccccc1)NC(=O)[C@H](CO)NC(=O)[C@H](Cc1ccccc1)NC(=O)CNC(=O)CNC(=O)c1ccco1. The van der Waals surface area contributed by atoms with Crippen molar-refractivity contribution >= 4 is 53.2 Å². The summed E-state index contributed by atoms with van der Waals surface area (Å²) in [5, 5.41) is 27.9. The molecule has 0 aliphatic carbocycles. The van der Waals surface area contributed by atoms with E-state index < -0.39 is 97.2 Å². The summed E-state index contributed by atoms with van der Waals surface area (Å²) in [4.78, 5) is 109. The van der Waals surface area contributed by atoms with Gasteiger partial charge in [-0.25, -0.2) is 0 Å². The van der Waals surface area contributed by atoms with Gasteiger partial charge in [-0.15, -0.1) is 0 Å². The summed E-state index contributed by atoms with van der Waals surface area (Å²) in [6.45, 7) is -1.90. The molecule has 21 heteroatoms. The lowest BCUT2D eigenvalue weighted by Gasteiger charge is -2.27. The first-order valence-corrected chi connectivity index (χ1v) is 20.9. The van der Waals surface area contributed by atoms with Crippen LogP contribution >= 0.6 is 0 Å². The number of aliphatic hydroxyl groups is 1. The summed E-state index contributed by atoms with van der Waals surface area (Å²) >= 11 is 0. The second-order valence-electron chi connectivity index (χ2n) is 14.9. The Labute approximate surface area is 380 Å². The molecule has 1 aromatic heterocycles. The number of carbonyl (C=O) groups is 8. The van der Waals surface area contributed by atoms with Crippen LogP contribution < -0.4 is 54.4 Å². The molecule has 0 fully saturated rings. The molecule has 14 N–H and O–H groups in total. The van der Waals surface area contributed by atoms with Crippen LogP contribution in [0.15, 0.2) is 119 Å². The minimum Gasteiger partial charge on any atom is -0.459 e. The predicted molar refractivity (Wildman–Crippen MR) is 240 cm³/mol. The highest BCUT2D eigenvalue weighted by molar-refractivity contribution is 5.97. The maximum Gasteiger partial charge on any atom is 0.287 e. The Bertz CT molecular complexity index is 2260. The summed E-state index contributed by atoms with van der Waals surface area (Å²) in [5.41, 5.74) is 18.5. The normalized spacial score (nSPS) is 12.9. The molecule has 3 aromatic carbocycles. The van der Waals surface area contributed by atoms with E-state index in [1.165, 1.54) is 18.4 Å². The molecule has 8 amide bonds. The summed E-state index contributed by atoms with van der Waals surface area (Å²) < 4.78 is 4.98. The highest BCUT2D eigenvalue weighted by atomic mass is 16.3. The maximum atomic E-state index is 14.1. The van der Waals surface area contributed by atoms with Crippen molar-refractivity contribution in [1.29, 1.82) is 0 Å². The standard InChI is InChI=1S/C45H55N11O10/c46-39(60)32(22-28-12-4-1-5-13-28)54-40(61)31(18-10-20-49-45(47)48)53-42(63)34(24-30-16-8-3-9-17-30)55-43(64)35(27-57)56-41(62)33(23-29-14-6-2-7-15-29)52-38(59)26-50-37(58)25-51-44(65)36-19-11-21-66-36/h1-9,11-17,19,21,31-35,57H,10,18,20,22-27H2,(H2,46,60)(H,50,58)(H,51,65)(H,52,59)(H,53,63)(H,54,61)(H,55,64)(H,56,62)(H4,47,48,49)/t31-,32-,33-,34-,35-/m0/s1. The van der Waals surface area contributed by atoms with Gasteiger partial charge < -0.3 is 63.9 Å². The second kappa shape index (κ2) is 26.5. The number of furan rings is 1. The monoisotopic (exact) mass is 909 g/mol. The average Bonchev–Trinajstić information content (AvgIpc) is 3.86. The smallest absolute Gasteiger partial charge is 0.287 e. The number of aliphatic hydroxyl groups excluding tert-OH is 1. The molecule has 0 saturated carbocycles. The molecule has 0 aliphatic heterocycles. The third-order valence-corrected chi connectivity index (χ3v) is 9.79. The van der Waals surface area contributed by atoms with Crippen molar-refractivity contribution in [2.45, 2.75) is 62.3 Å². The van der Waals surface area contributed by atoms with Gasteiger partial charge in [0.25, 0.3) is 5.91 Å². The van der Waals surface area contributed by atoms with Gasteiger partial charge in [0.15, 0.2) is 11.7 Å². The molecule has 5 atom stereocenters. The van der Waals surface area contributed by atoms with Crippen molar-refractivity contribution in [3.05, 3.63) is 132 Å². The lowest BCUT2D eigenvalue weighted by atomic mass is 10.0. The van der Waals surface area contributed by atoms with E-state index in [1.54, 1.807) is 91.0 Å². The fourth-order valence-electron chi connectivity index (χ4n) is 6.39. The molecule has 0 aliphatic rings. The zero-order valence-electron chi connectivity index (χ0n) is 35.9. The molecule has 0 saturated heterocycles. The lowest BCUT2D eigenvalue weighted by molar-refractivity contribution is -0.135. The van der Waals surface area contributed by atoms with Crippen LogP contribution in [0.2, 0.25) is 0 Å². The highest BCUT2D eigenvalue weighted by Crippen LogP contribution is 2.10. The first-order valence-electron chi connectivity index (χ1n) is 20.9. The summed E-state index contributed by atoms with van der Waals surface area (Å²) in [6.07, 6.45) is 1.39. The van der Waals surface area contributed by atoms with E-state index in [0.717, 1.165) is 5.56 Å². The largest absolute Gasteiger partial charge is 0.459 e.